The van der Waals surface area contributed by atoms with Crippen LogP contribution in [0.2, 0.25) is 0 Å². The molecule has 0 spiro atoms. The number of aliphatic hydroxyl groups is 1. The lowest BCUT2D eigenvalue weighted by molar-refractivity contribution is 0.163. The van der Waals surface area contributed by atoms with Gasteiger partial charge in [0.1, 0.15) is 0 Å². The van der Waals surface area contributed by atoms with E-state index in [2.05, 4.69) is 10.3 Å². The van der Waals surface area contributed by atoms with E-state index in [0.29, 0.717) is 0 Å². The third-order valence-corrected chi connectivity index (χ3v) is 2.37. The van der Waals surface area contributed by atoms with Crippen molar-refractivity contribution in [3.05, 3.63) is 28.8 Å². The SMILES string of the molecule is Cc1cc2c(cc1C)C(O)NC=N2. The number of aliphatic hydroxyl groups excluding tert-OH is 1. The molecule has 1 heterocycles. The molecule has 0 bridgehead atoms. The molecule has 2 rings (SSSR count). The second-order valence-corrected chi connectivity index (χ2v) is 3.32. The van der Waals surface area contributed by atoms with Crippen LogP contribution in [0.4, 0.5) is 5.69 Å². The molecular formula is C10H12N2O. The van der Waals surface area contributed by atoms with Crippen LogP contribution in [0.3, 0.4) is 0 Å². The minimum atomic E-state index is -0.619. The molecule has 0 saturated heterocycles. The van der Waals surface area contributed by atoms with Crippen molar-refractivity contribution in [2.24, 2.45) is 4.99 Å². The first-order valence-electron chi connectivity index (χ1n) is 4.26. The molecule has 3 nitrogen and oxygen atoms in total. The lowest BCUT2D eigenvalue weighted by Gasteiger charge is -2.19. The summed E-state index contributed by atoms with van der Waals surface area (Å²) in [6.07, 6.45) is 0.911. The molecule has 1 atom stereocenters. The summed E-state index contributed by atoms with van der Waals surface area (Å²) < 4.78 is 0. The zero-order chi connectivity index (χ0) is 9.42. The van der Waals surface area contributed by atoms with Crippen LogP contribution in [0, 0.1) is 13.8 Å². The van der Waals surface area contributed by atoms with E-state index < -0.39 is 6.23 Å². The van der Waals surface area contributed by atoms with Gasteiger partial charge in [-0.1, -0.05) is 0 Å². The second kappa shape index (κ2) is 2.85. The summed E-state index contributed by atoms with van der Waals surface area (Å²) in [5.74, 6) is 0. The Labute approximate surface area is 77.1 Å². The van der Waals surface area contributed by atoms with Crippen molar-refractivity contribution in [1.82, 2.24) is 5.32 Å². The Morgan fingerprint density at radius 2 is 2.00 bits per heavy atom. The smallest absolute Gasteiger partial charge is 0.153 e. The van der Waals surface area contributed by atoms with Crippen LogP contribution in [0.5, 0.6) is 0 Å². The van der Waals surface area contributed by atoms with Gasteiger partial charge in [0, 0.05) is 5.56 Å². The summed E-state index contributed by atoms with van der Waals surface area (Å²) in [6.45, 7) is 4.07. The highest BCUT2D eigenvalue weighted by Gasteiger charge is 2.15. The summed E-state index contributed by atoms with van der Waals surface area (Å²) in [5.41, 5.74) is 4.08. The minimum absolute atomic E-state index is 0.619. The Morgan fingerprint density at radius 3 is 2.77 bits per heavy atom. The molecule has 1 unspecified atom stereocenters. The standard InChI is InChI=1S/C10H12N2O/c1-6-3-8-9(4-7(6)2)11-5-12-10(8)13/h3-5,10,13H,1-2H3,(H,11,12). The molecule has 68 valence electrons. The van der Waals surface area contributed by atoms with Gasteiger partial charge in [-0.3, -0.25) is 0 Å². The van der Waals surface area contributed by atoms with Crippen LogP contribution in [0.25, 0.3) is 0 Å². The summed E-state index contributed by atoms with van der Waals surface area (Å²) in [4.78, 5) is 4.15. The van der Waals surface area contributed by atoms with Crippen molar-refractivity contribution in [2.45, 2.75) is 20.1 Å². The highest BCUT2D eigenvalue weighted by molar-refractivity contribution is 5.68. The van der Waals surface area contributed by atoms with E-state index in [9.17, 15) is 5.11 Å². The van der Waals surface area contributed by atoms with Gasteiger partial charge in [-0.05, 0) is 37.1 Å². The molecule has 1 aromatic rings. The van der Waals surface area contributed by atoms with E-state index in [4.69, 9.17) is 0 Å². The van der Waals surface area contributed by atoms with E-state index in [0.717, 1.165) is 11.3 Å². The summed E-state index contributed by atoms with van der Waals surface area (Å²) in [7, 11) is 0. The first-order chi connectivity index (χ1) is 6.18. The van der Waals surface area contributed by atoms with Crippen LogP contribution >= 0.6 is 0 Å². The fourth-order valence-corrected chi connectivity index (χ4v) is 1.42. The normalized spacial score (nSPS) is 19.5. The van der Waals surface area contributed by atoms with Crippen LogP contribution in [-0.4, -0.2) is 11.4 Å². The average molecular weight is 176 g/mol. The number of aliphatic imine (C=N–C) groups is 1. The third-order valence-electron chi connectivity index (χ3n) is 2.37. The van der Waals surface area contributed by atoms with Gasteiger partial charge in [0.2, 0.25) is 0 Å². The minimum Gasteiger partial charge on any atom is -0.369 e. The quantitative estimate of drug-likeness (QED) is 0.630. The molecule has 2 N–H and O–H groups in total. The number of fused-ring (bicyclic) bond motifs is 1. The Kier molecular flexibility index (Phi) is 1.81. The molecule has 0 saturated carbocycles. The highest BCUT2D eigenvalue weighted by Crippen LogP contribution is 2.29. The Balaban J connectivity index is 2.60. The Morgan fingerprint density at radius 1 is 1.31 bits per heavy atom. The molecule has 13 heavy (non-hydrogen) atoms. The van der Waals surface area contributed by atoms with Gasteiger partial charge in [0.05, 0.1) is 12.0 Å². The van der Waals surface area contributed by atoms with E-state index in [1.54, 1.807) is 0 Å². The molecule has 0 amide bonds. The van der Waals surface area contributed by atoms with E-state index in [1.807, 2.05) is 26.0 Å². The van der Waals surface area contributed by atoms with Gasteiger partial charge in [-0.15, -0.1) is 0 Å². The van der Waals surface area contributed by atoms with Crippen LogP contribution in [-0.2, 0) is 0 Å². The molecule has 1 aliphatic rings. The van der Waals surface area contributed by atoms with Crippen LogP contribution in [0.15, 0.2) is 17.1 Å². The number of hydrogen-bond donors (Lipinski definition) is 2. The summed E-state index contributed by atoms with van der Waals surface area (Å²) >= 11 is 0. The molecule has 0 radical (unpaired) electrons. The maximum atomic E-state index is 9.57. The monoisotopic (exact) mass is 176 g/mol. The number of nitrogens with zero attached hydrogens (tertiary/aromatic N) is 1. The van der Waals surface area contributed by atoms with Crippen molar-refractivity contribution >= 4 is 12.0 Å². The van der Waals surface area contributed by atoms with Crippen molar-refractivity contribution in [2.75, 3.05) is 0 Å². The zero-order valence-electron chi connectivity index (χ0n) is 7.70. The number of nitrogens with one attached hydrogen (secondary N) is 1. The molecular weight excluding hydrogens is 164 g/mol. The largest absolute Gasteiger partial charge is 0.369 e. The third kappa shape index (κ3) is 1.31. The predicted octanol–water partition coefficient (Wildman–Crippen LogP) is 1.56. The summed E-state index contributed by atoms with van der Waals surface area (Å²) in [6, 6.07) is 3.96. The van der Waals surface area contributed by atoms with Crippen LogP contribution < -0.4 is 5.32 Å². The maximum Gasteiger partial charge on any atom is 0.153 e. The van der Waals surface area contributed by atoms with Gasteiger partial charge in [-0.25, -0.2) is 4.99 Å². The first-order valence-corrected chi connectivity index (χ1v) is 4.26. The fourth-order valence-electron chi connectivity index (χ4n) is 1.42. The van der Waals surface area contributed by atoms with Crippen molar-refractivity contribution in [3.8, 4) is 0 Å². The van der Waals surface area contributed by atoms with Gasteiger partial charge in [-0.2, -0.15) is 0 Å². The number of hydrogen-bond acceptors (Lipinski definition) is 3. The van der Waals surface area contributed by atoms with Crippen molar-refractivity contribution in [1.29, 1.82) is 0 Å². The van der Waals surface area contributed by atoms with E-state index in [1.165, 1.54) is 17.5 Å². The zero-order valence-corrected chi connectivity index (χ0v) is 7.70. The van der Waals surface area contributed by atoms with E-state index >= 15 is 0 Å². The molecule has 0 fully saturated rings. The molecule has 3 heteroatoms. The number of rotatable bonds is 0. The molecule has 1 aliphatic heterocycles. The molecule has 1 aromatic carbocycles. The number of benzene rings is 1. The fraction of sp³-hybridized carbons (Fsp3) is 0.300. The Hall–Kier alpha value is -1.35. The molecule has 0 aliphatic carbocycles. The van der Waals surface area contributed by atoms with Gasteiger partial charge in [0.15, 0.2) is 6.23 Å². The summed E-state index contributed by atoms with van der Waals surface area (Å²) in [5, 5.41) is 12.3. The topological polar surface area (TPSA) is 44.6 Å². The maximum absolute atomic E-state index is 9.57. The van der Waals surface area contributed by atoms with Crippen molar-refractivity contribution in [3.63, 3.8) is 0 Å². The van der Waals surface area contributed by atoms with Gasteiger partial charge >= 0.3 is 0 Å². The molecule has 0 aromatic heterocycles. The lowest BCUT2D eigenvalue weighted by Crippen LogP contribution is -2.22. The van der Waals surface area contributed by atoms with Crippen molar-refractivity contribution < 1.29 is 5.11 Å². The second-order valence-electron chi connectivity index (χ2n) is 3.32. The van der Waals surface area contributed by atoms with Gasteiger partial charge in [0.25, 0.3) is 0 Å². The average Bonchev–Trinajstić information content (AvgIpc) is 2.09. The first kappa shape index (κ1) is 8.26. The highest BCUT2D eigenvalue weighted by atomic mass is 16.3. The van der Waals surface area contributed by atoms with Gasteiger partial charge < -0.3 is 10.4 Å². The van der Waals surface area contributed by atoms with E-state index in [-0.39, 0.29) is 0 Å². The predicted molar refractivity (Wildman–Crippen MR) is 52.2 cm³/mol. The lowest BCUT2D eigenvalue weighted by atomic mass is 10.0. The number of aryl methyl sites for hydroxylation is 2. The van der Waals surface area contributed by atoms with Crippen LogP contribution in [0.1, 0.15) is 22.9 Å². The Bertz CT molecular complexity index is 371.